The Balaban J connectivity index is 0.000000170. The van der Waals surface area contributed by atoms with Gasteiger partial charge in [-0.15, -0.1) is 0 Å². The van der Waals surface area contributed by atoms with Gasteiger partial charge in [0.15, 0.2) is 0 Å². The van der Waals surface area contributed by atoms with E-state index in [-0.39, 0.29) is 0 Å². The highest BCUT2D eigenvalue weighted by atomic mass is 35.5. The zero-order chi connectivity index (χ0) is 31.5. The third-order valence-electron chi connectivity index (χ3n) is 9.71. The Morgan fingerprint density at radius 2 is 1.05 bits per heavy atom. The molecule has 1 N–H and O–H groups in total. The Morgan fingerprint density at radius 1 is 0.682 bits per heavy atom. The number of aldehydes is 1. The van der Waals surface area contributed by atoms with Crippen molar-refractivity contribution in [2.45, 2.75) is 89.9 Å². The molecule has 2 spiro atoms. The maximum atomic E-state index is 10.4. The van der Waals surface area contributed by atoms with Gasteiger partial charge in [0.1, 0.15) is 0 Å². The summed E-state index contributed by atoms with van der Waals surface area (Å²) in [4.78, 5) is 30.0. The fourth-order valence-electron chi connectivity index (χ4n) is 6.99. The molecule has 244 valence electrons. The van der Waals surface area contributed by atoms with Gasteiger partial charge in [-0.05, 0) is 125 Å². The highest BCUT2D eigenvalue weighted by Gasteiger charge is 2.36. The Bertz CT molecular complexity index is 1040. The molecule has 0 bridgehead atoms. The van der Waals surface area contributed by atoms with Gasteiger partial charge in [0.25, 0.3) is 0 Å². The number of hydrogen-bond donors (Lipinski definition) is 1. The lowest BCUT2D eigenvalue weighted by molar-refractivity contribution is -0.156. The third kappa shape index (κ3) is 11.5. The van der Waals surface area contributed by atoms with Crippen LogP contribution in [0.25, 0.3) is 0 Å². The molecular weight excluding hydrogens is 614 g/mol. The van der Waals surface area contributed by atoms with Crippen molar-refractivity contribution in [3.8, 4) is 0 Å². The van der Waals surface area contributed by atoms with E-state index in [2.05, 4.69) is 35.1 Å². The normalized spacial score (nSPS) is 21.9. The van der Waals surface area contributed by atoms with Gasteiger partial charge in [-0.25, -0.2) is 19.9 Å². The lowest BCUT2D eigenvalue weighted by atomic mass is 9.68. The second-order valence-corrected chi connectivity index (χ2v) is 13.4. The predicted molar refractivity (Wildman–Crippen MR) is 165 cm³/mol. The molecule has 0 radical (unpaired) electrons. The van der Waals surface area contributed by atoms with Gasteiger partial charge in [0.05, 0.1) is 0 Å². The number of likely N-dealkylation sites (tertiary alicyclic amines) is 2. The van der Waals surface area contributed by atoms with Crippen molar-refractivity contribution < 1.29 is 18.0 Å². The minimum Gasteiger partial charge on any atom is -0.317 e. The second kappa shape index (κ2) is 16.6. The Morgan fingerprint density at radius 3 is 1.41 bits per heavy atom. The van der Waals surface area contributed by atoms with Crippen LogP contribution in [0, 0.1) is 10.8 Å². The van der Waals surface area contributed by atoms with Crippen molar-refractivity contribution in [3.05, 3.63) is 46.5 Å². The largest absolute Gasteiger partial charge is 0.446 e. The number of carbonyl (C=O) groups excluding carboxylic acids is 1. The van der Waals surface area contributed by atoms with Crippen LogP contribution in [0.2, 0.25) is 10.6 Å². The van der Waals surface area contributed by atoms with E-state index in [0.29, 0.717) is 21.4 Å². The quantitative estimate of drug-likeness (QED) is 0.294. The van der Waals surface area contributed by atoms with Crippen LogP contribution in [0.5, 0.6) is 0 Å². The molecule has 44 heavy (non-hydrogen) atoms. The standard InChI is InChI=1S/C15H22ClN3.C14H21ClN4.C2HF3O/c16-14-17-10-13(11-18-14)12-19-8-6-15(7-9-19)4-2-1-3-5-15;15-13-17-9-12(10-18-13)11-19-7-3-14(4-8-19)1-5-16-6-2-14;3-2(4,5)1-6/h10-11H,1-9,12H2;9-10,16H,1-8,11H2;1H. The SMILES string of the molecule is Clc1ncc(CN2CCC3(CCCCC3)CC2)cn1.Clc1ncc(CN2CCC3(CCNCC3)CC2)cn1.O=CC(F)(F)F. The predicted octanol–water partition coefficient (Wildman–Crippen LogP) is 6.52. The van der Waals surface area contributed by atoms with Crippen molar-refractivity contribution in [2.24, 2.45) is 10.8 Å². The first-order valence-corrected chi connectivity index (χ1v) is 16.4. The van der Waals surface area contributed by atoms with Gasteiger partial charge in [0.2, 0.25) is 16.9 Å². The number of carbonyl (C=O) groups is 1. The van der Waals surface area contributed by atoms with E-state index in [1.165, 1.54) is 115 Å². The van der Waals surface area contributed by atoms with E-state index in [1.54, 1.807) is 0 Å². The number of alkyl halides is 3. The number of piperidine rings is 3. The fourth-order valence-corrected chi connectivity index (χ4v) is 7.18. The molecule has 0 unspecified atom stereocenters. The van der Waals surface area contributed by atoms with Gasteiger partial charge in [-0.2, -0.15) is 13.2 Å². The van der Waals surface area contributed by atoms with Crippen LogP contribution in [-0.4, -0.2) is 81.5 Å². The van der Waals surface area contributed by atoms with E-state index in [4.69, 9.17) is 28.0 Å². The Hall–Kier alpha value is -1.92. The lowest BCUT2D eigenvalue weighted by Gasteiger charge is -2.44. The molecule has 5 heterocycles. The van der Waals surface area contributed by atoms with Crippen LogP contribution in [-0.2, 0) is 17.9 Å². The molecule has 1 saturated carbocycles. The van der Waals surface area contributed by atoms with Gasteiger partial charge >= 0.3 is 6.18 Å². The average molecular weight is 659 g/mol. The minimum absolute atomic E-state index is 0.330. The molecule has 8 nitrogen and oxygen atoms in total. The summed E-state index contributed by atoms with van der Waals surface area (Å²) in [6.07, 6.45) is 17.1. The molecule has 0 aromatic carbocycles. The fraction of sp³-hybridized carbons (Fsp3) is 0.710. The van der Waals surface area contributed by atoms with Crippen LogP contribution in [0.15, 0.2) is 24.8 Å². The van der Waals surface area contributed by atoms with Crippen molar-refractivity contribution in [1.29, 1.82) is 0 Å². The van der Waals surface area contributed by atoms with Gasteiger partial charge in [-0.3, -0.25) is 14.6 Å². The highest BCUT2D eigenvalue weighted by molar-refractivity contribution is 6.28. The van der Waals surface area contributed by atoms with Gasteiger partial charge in [0, 0.05) is 49.0 Å². The molecule has 2 aromatic heterocycles. The summed E-state index contributed by atoms with van der Waals surface area (Å²) in [6.45, 7) is 9.16. The Kier molecular flexibility index (Phi) is 13.2. The average Bonchev–Trinajstić information content (AvgIpc) is 3.03. The smallest absolute Gasteiger partial charge is 0.317 e. The lowest BCUT2D eigenvalue weighted by Crippen LogP contribution is -2.45. The highest BCUT2D eigenvalue weighted by Crippen LogP contribution is 2.44. The van der Waals surface area contributed by atoms with Crippen LogP contribution < -0.4 is 5.32 Å². The number of hydrogen-bond acceptors (Lipinski definition) is 8. The first-order valence-electron chi connectivity index (χ1n) is 15.7. The van der Waals surface area contributed by atoms with Crippen LogP contribution in [0.3, 0.4) is 0 Å². The molecule has 2 aromatic rings. The van der Waals surface area contributed by atoms with Crippen LogP contribution in [0.4, 0.5) is 13.2 Å². The van der Waals surface area contributed by atoms with E-state index in [9.17, 15) is 13.2 Å². The van der Waals surface area contributed by atoms with Crippen molar-refractivity contribution in [3.63, 3.8) is 0 Å². The zero-order valence-electron chi connectivity index (χ0n) is 25.3. The van der Waals surface area contributed by atoms with Gasteiger partial charge in [-0.1, -0.05) is 19.3 Å². The molecule has 3 aliphatic heterocycles. The summed E-state index contributed by atoms with van der Waals surface area (Å²) in [6, 6.07) is 0. The molecule has 4 aliphatic rings. The van der Waals surface area contributed by atoms with Crippen molar-refractivity contribution in [2.75, 3.05) is 39.3 Å². The van der Waals surface area contributed by atoms with Crippen LogP contribution in [0.1, 0.15) is 81.8 Å². The van der Waals surface area contributed by atoms with Crippen molar-refractivity contribution >= 4 is 29.5 Å². The van der Waals surface area contributed by atoms with E-state index in [1.807, 2.05) is 24.8 Å². The second-order valence-electron chi connectivity index (χ2n) is 12.7. The number of rotatable bonds is 4. The van der Waals surface area contributed by atoms with E-state index < -0.39 is 12.5 Å². The molecule has 4 fully saturated rings. The maximum Gasteiger partial charge on any atom is 0.446 e. The number of nitrogens with one attached hydrogen (secondary N) is 1. The molecule has 0 amide bonds. The molecular formula is C31H44Cl2F3N7O. The van der Waals surface area contributed by atoms with E-state index >= 15 is 0 Å². The minimum atomic E-state index is -4.64. The summed E-state index contributed by atoms with van der Waals surface area (Å²) >= 11 is 11.4. The molecule has 1 aliphatic carbocycles. The number of aromatic nitrogens is 4. The summed E-state index contributed by atoms with van der Waals surface area (Å²) in [7, 11) is 0. The number of halogens is 5. The zero-order valence-corrected chi connectivity index (χ0v) is 26.8. The van der Waals surface area contributed by atoms with Crippen LogP contribution >= 0.6 is 23.2 Å². The first kappa shape index (κ1) is 34.9. The summed E-state index contributed by atoms with van der Waals surface area (Å²) < 4.78 is 31.2. The molecule has 0 atom stereocenters. The monoisotopic (exact) mass is 657 g/mol. The topological polar surface area (TPSA) is 87.1 Å². The third-order valence-corrected chi connectivity index (χ3v) is 10.1. The first-order chi connectivity index (χ1) is 21.1. The van der Waals surface area contributed by atoms with E-state index in [0.717, 1.165) is 18.7 Å². The number of nitrogens with zero attached hydrogens (tertiary/aromatic N) is 6. The summed E-state index contributed by atoms with van der Waals surface area (Å²) in [5.41, 5.74) is 3.64. The molecule has 3 saturated heterocycles. The Labute approximate surface area is 268 Å². The molecule has 13 heteroatoms. The van der Waals surface area contributed by atoms with Gasteiger partial charge < -0.3 is 5.32 Å². The summed E-state index contributed by atoms with van der Waals surface area (Å²) in [5, 5.41) is 4.14. The van der Waals surface area contributed by atoms with Crippen molar-refractivity contribution in [1.82, 2.24) is 35.1 Å². The summed E-state index contributed by atoms with van der Waals surface area (Å²) in [5.74, 6) is 0. The maximum absolute atomic E-state index is 10.4. The molecule has 6 rings (SSSR count).